The molecule has 0 amide bonds. The number of nitrogens with one attached hydrogen (secondary N) is 1. The van der Waals surface area contributed by atoms with Crippen molar-refractivity contribution in [2.75, 3.05) is 6.54 Å². The zero-order chi connectivity index (χ0) is 16.5. The number of H-pyrrole nitrogens is 1. The van der Waals surface area contributed by atoms with E-state index in [-0.39, 0.29) is 0 Å². The molecular formula is C19H23N5. The van der Waals surface area contributed by atoms with Crippen LogP contribution in [0.25, 0.3) is 11.3 Å². The highest BCUT2D eigenvalue weighted by molar-refractivity contribution is 5.67. The molecule has 0 saturated carbocycles. The van der Waals surface area contributed by atoms with Gasteiger partial charge in [0, 0.05) is 43.5 Å². The van der Waals surface area contributed by atoms with Gasteiger partial charge in [-0.25, -0.2) is 4.98 Å². The Hall–Kier alpha value is -2.40. The van der Waals surface area contributed by atoms with Crippen LogP contribution in [0.4, 0.5) is 0 Å². The molecule has 0 radical (unpaired) electrons. The number of aromatic nitrogens is 4. The fourth-order valence-electron chi connectivity index (χ4n) is 3.50. The van der Waals surface area contributed by atoms with Crippen molar-refractivity contribution >= 4 is 0 Å². The van der Waals surface area contributed by atoms with E-state index in [1.165, 1.54) is 27.9 Å². The molecular weight excluding hydrogens is 298 g/mol. The van der Waals surface area contributed by atoms with Crippen molar-refractivity contribution in [3.05, 3.63) is 59.3 Å². The molecule has 0 saturated heterocycles. The summed E-state index contributed by atoms with van der Waals surface area (Å²) < 4.78 is 2.26. The van der Waals surface area contributed by atoms with Crippen molar-refractivity contribution in [1.82, 2.24) is 24.6 Å². The zero-order valence-electron chi connectivity index (χ0n) is 14.3. The van der Waals surface area contributed by atoms with Crippen LogP contribution in [-0.4, -0.2) is 31.2 Å². The van der Waals surface area contributed by atoms with Crippen LogP contribution in [0.1, 0.15) is 28.8 Å². The lowest BCUT2D eigenvalue weighted by Crippen LogP contribution is -2.22. The van der Waals surface area contributed by atoms with Crippen molar-refractivity contribution in [2.45, 2.75) is 39.9 Å². The molecule has 4 rings (SSSR count). The number of hydrogen-bond donors (Lipinski definition) is 1. The number of aromatic amines is 1. The molecule has 1 aromatic carbocycles. The Morgan fingerprint density at radius 3 is 3.00 bits per heavy atom. The lowest BCUT2D eigenvalue weighted by molar-refractivity contribution is 0.261. The summed E-state index contributed by atoms with van der Waals surface area (Å²) in [5.41, 5.74) is 7.51. The average molecular weight is 321 g/mol. The normalized spacial score (nSPS) is 15.2. The largest absolute Gasteiger partial charge is 0.333 e. The third kappa shape index (κ3) is 2.87. The summed E-state index contributed by atoms with van der Waals surface area (Å²) in [5.74, 6) is 0. The second-order valence-electron chi connectivity index (χ2n) is 6.73. The average Bonchev–Trinajstić information content (AvgIpc) is 3.16. The Kier molecular flexibility index (Phi) is 3.94. The minimum atomic E-state index is 0.907. The molecule has 0 atom stereocenters. The first-order valence-corrected chi connectivity index (χ1v) is 8.52. The minimum Gasteiger partial charge on any atom is -0.333 e. The maximum Gasteiger partial charge on any atom is 0.0948 e. The van der Waals surface area contributed by atoms with Gasteiger partial charge in [0.05, 0.1) is 23.9 Å². The molecule has 5 nitrogen and oxygen atoms in total. The first-order chi connectivity index (χ1) is 11.7. The summed E-state index contributed by atoms with van der Waals surface area (Å²) in [7, 11) is 0. The smallest absolute Gasteiger partial charge is 0.0948 e. The second-order valence-corrected chi connectivity index (χ2v) is 6.73. The molecule has 3 heterocycles. The third-order valence-corrected chi connectivity index (χ3v) is 4.83. The number of aryl methyl sites for hydroxylation is 3. The van der Waals surface area contributed by atoms with E-state index in [1.54, 1.807) is 0 Å². The molecule has 5 heteroatoms. The van der Waals surface area contributed by atoms with E-state index in [1.807, 2.05) is 18.7 Å². The SMILES string of the molecule is Cc1ccc(C)c(-c2[nH]ncc2CN2CCCn3cncc3C2)c1. The molecule has 0 aliphatic carbocycles. The van der Waals surface area contributed by atoms with Gasteiger partial charge in [0.1, 0.15) is 0 Å². The van der Waals surface area contributed by atoms with E-state index in [2.05, 4.69) is 56.7 Å². The van der Waals surface area contributed by atoms with Crippen LogP contribution in [0, 0.1) is 13.8 Å². The van der Waals surface area contributed by atoms with Crippen LogP contribution in [0.5, 0.6) is 0 Å². The number of benzene rings is 1. The highest BCUT2D eigenvalue weighted by atomic mass is 15.2. The van der Waals surface area contributed by atoms with Gasteiger partial charge in [-0.3, -0.25) is 10.00 Å². The summed E-state index contributed by atoms with van der Waals surface area (Å²) in [6.07, 6.45) is 7.05. The molecule has 1 N–H and O–H groups in total. The van der Waals surface area contributed by atoms with E-state index in [0.717, 1.165) is 38.3 Å². The first-order valence-electron chi connectivity index (χ1n) is 8.52. The van der Waals surface area contributed by atoms with Gasteiger partial charge in [-0.05, 0) is 31.9 Å². The van der Waals surface area contributed by atoms with Gasteiger partial charge < -0.3 is 4.57 Å². The fourth-order valence-corrected chi connectivity index (χ4v) is 3.50. The number of rotatable bonds is 3. The molecule has 0 spiro atoms. The van der Waals surface area contributed by atoms with E-state index in [9.17, 15) is 0 Å². The maximum atomic E-state index is 4.32. The summed E-state index contributed by atoms with van der Waals surface area (Å²) >= 11 is 0. The zero-order valence-corrected chi connectivity index (χ0v) is 14.3. The van der Waals surface area contributed by atoms with Crippen molar-refractivity contribution in [3.63, 3.8) is 0 Å². The highest BCUT2D eigenvalue weighted by Crippen LogP contribution is 2.27. The van der Waals surface area contributed by atoms with Gasteiger partial charge in [-0.2, -0.15) is 5.10 Å². The summed E-state index contributed by atoms with van der Waals surface area (Å²) in [6, 6.07) is 6.58. The van der Waals surface area contributed by atoms with Crippen molar-refractivity contribution in [1.29, 1.82) is 0 Å². The summed E-state index contributed by atoms with van der Waals surface area (Å²) in [5, 5.41) is 7.54. The molecule has 3 aromatic rings. The summed E-state index contributed by atoms with van der Waals surface area (Å²) in [6.45, 7) is 8.29. The molecule has 1 aliphatic rings. The van der Waals surface area contributed by atoms with Gasteiger partial charge in [0.25, 0.3) is 0 Å². The van der Waals surface area contributed by atoms with E-state index in [4.69, 9.17) is 0 Å². The van der Waals surface area contributed by atoms with Gasteiger partial charge >= 0.3 is 0 Å². The molecule has 1 aliphatic heterocycles. The van der Waals surface area contributed by atoms with Crippen molar-refractivity contribution in [3.8, 4) is 11.3 Å². The maximum absolute atomic E-state index is 4.32. The van der Waals surface area contributed by atoms with E-state index < -0.39 is 0 Å². The Morgan fingerprint density at radius 2 is 2.08 bits per heavy atom. The Bertz CT molecular complexity index is 845. The predicted octanol–water partition coefficient (Wildman–Crippen LogP) is 3.30. The quantitative estimate of drug-likeness (QED) is 0.805. The van der Waals surface area contributed by atoms with Crippen LogP contribution >= 0.6 is 0 Å². The van der Waals surface area contributed by atoms with Crippen LogP contribution in [0.2, 0.25) is 0 Å². The van der Waals surface area contributed by atoms with Gasteiger partial charge in [-0.15, -0.1) is 0 Å². The number of imidazole rings is 1. The predicted molar refractivity (Wildman–Crippen MR) is 94.5 cm³/mol. The van der Waals surface area contributed by atoms with E-state index >= 15 is 0 Å². The molecule has 24 heavy (non-hydrogen) atoms. The third-order valence-electron chi connectivity index (χ3n) is 4.83. The Morgan fingerprint density at radius 1 is 1.17 bits per heavy atom. The second kappa shape index (κ2) is 6.24. The fraction of sp³-hybridized carbons (Fsp3) is 0.368. The standard InChI is InChI=1S/C19H23N5/c1-14-4-5-15(2)18(8-14)19-16(9-21-22-19)11-23-6-3-7-24-13-20-10-17(24)12-23/h4-5,8-10,13H,3,6-7,11-12H2,1-2H3,(H,21,22). The van der Waals surface area contributed by atoms with Gasteiger partial charge in [0.2, 0.25) is 0 Å². The number of hydrogen-bond acceptors (Lipinski definition) is 3. The molecule has 2 aromatic heterocycles. The molecule has 0 fully saturated rings. The highest BCUT2D eigenvalue weighted by Gasteiger charge is 2.18. The van der Waals surface area contributed by atoms with Crippen LogP contribution in [0.3, 0.4) is 0 Å². The molecule has 0 bridgehead atoms. The van der Waals surface area contributed by atoms with Crippen LogP contribution < -0.4 is 0 Å². The van der Waals surface area contributed by atoms with Crippen molar-refractivity contribution < 1.29 is 0 Å². The molecule has 0 unspecified atom stereocenters. The number of fused-ring (bicyclic) bond motifs is 1. The van der Waals surface area contributed by atoms with Crippen molar-refractivity contribution in [2.24, 2.45) is 0 Å². The van der Waals surface area contributed by atoms with Crippen LogP contribution in [-0.2, 0) is 19.6 Å². The first kappa shape index (κ1) is 15.1. The monoisotopic (exact) mass is 321 g/mol. The minimum absolute atomic E-state index is 0.907. The summed E-state index contributed by atoms with van der Waals surface area (Å²) in [4.78, 5) is 6.77. The lowest BCUT2D eigenvalue weighted by atomic mass is 10.0. The Labute approximate surface area is 142 Å². The molecule has 124 valence electrons. The van der Waals surface area contributed by atoms with E-state index in [0.29, 0.717) is 0 Å². The van der Waals surface area contributed by atoms with Crippen LogP contribution in [0.15, 0.2) is 36.9 Å². The lowest BCUT2D eigenvalue weighted by Gasteiger charge is -2.19. The Balaban J connectivity index is 1.60. The topological polar surface area (TPSA) is 49.7 Å². The number of nitrogens with zero attached hydrogens (tertiary/aromatic N) is 4. The van der Waals surface area contributed by atoms with Gasteiger partial charge in [-0.1, -0.05) is 17.7 Å². The van der Waals surface area contributed by atoms with Gasteiger partial charge in [0.15, 0.2) is 0 Å².